The van der Waals surface area contributed by atoms with E-state index in [0.717, 1.165) is 25.7 Å². The molecule has 0 heterocycles. The van der Waals surface area contributed by atoms with Crippen molar-refractivity contribution in [2.24, 2.45) is 5.92 Å². The Morgan fingerprint density at radius 2 is 1.82 bits per heavy atom. The Bertz CT molecular complexity index is 212. The van der Waals surface area contributed by atoms with E-state index in [1.165, 1.54) is 32.1 Å². The Morgan fingerprint density at radius 3 is 2.41 bits per heavy atom. The van der Waals surface area contributed by atoms with Crippen molar-refractivity contribution in [2.45, 2.75) is 70.1 Å². The Labute approximate surface area is 110 Å². The predicted octanol–water partition coefficient (Wildman–Crippen LogP) is 3.87. The number of hydrogen-bond donors (Lipinski definition) is 1. The van der Waals surface area contributed by atoms with Crippen LogP contribution in [0.5, 0.6) is 0 Å². The van der Waals surface area contributed by atoms with Crippen molar-refractivity contribution in [2.75, 3.05) is 6.54 Å². The molecule has 0 aromatic heterocycles. The van der Waals surface area contributed by atoms with E-state index in [4.69, 9.17) is 11.6 Å². The molecule has 1 unspecified atom stereocenters. The first-order valence-electron chi connectivity index (χ1n) is 7.15. The fraction of sp³-hybridized carbons (Fsp3) is 0.929. The van der Waals surface area contributed by atoms with Crippen LogP contribution in [0.4, 0.5) is 0 Å². The van der Waals surface area contributed by atoms with Gasteiger partial charge >= 0.3 is 0 Å². The molecule has 1 aliphatic rings. The molecule has 0 radical (unpaired) electrons. The smallest absolute Gasteiger partial charge is 0.223 e. The van der Waals surface area contributed by atoms with Gasteiger partial charge in [0.15, 0.2) is 0 Å². The zero-order valence-electron chi connectivity index (χ0n) is 11.0. The number of hydrogen-bond acceptors (Lipinski definition) is 1. The van der Waals surface area contributed by atoms with Crippen LogP contribution in [0, 0.1) is 5.92 Å². The van der Waals surface area contributed by atoms with E-state index >= 15 is 0 Å². The van der Waals surface area contributed by atoms with Crippen LogP contribution in [0.25, 0.3) is 0 Å². The molecule has 1 fully saturated rings. The van der Waals surface area contributed by atoms with Gasteiger partial charge in [0, 0.05) is 12.5 Å². The third-order valence-electron chi connectivity index (χ3n) is 3.58. The van der Waals surface area contributed by atoms with Crippen molar-refractivity contribution < 1.29 is 4.79 Å². The van der Waals surface area contributed by atoms with Gasteiger partial charge in [0.2, 0.25) is 5.91 Å². The molecule has 1 N–H and O–H groups in total. The van der Waals surface area contributed by atoms with Crippen LogP contribution in [0.15, 0.2) is 0 Å². The highest BCUT2D eigenvalue weighted by molar-refractivity contribution is 6.20. The highest BCUT2D eigenvalue weighted by atomic mass is 35.5. The summed E-state index contributed by atoms with van der Waals surface area (Å²) in [5, 5.41) is 3.11. The summed E-state index contributed by atoms with van der Waals surface area (Å²) < 4.78 is 0. The zero-order valence-corrected chi connectivity index (χ0v) is 11.8. The summed E-state index contributed by atoms with van der Waals surface area (Å²) in [5.74, 6) is 0.467. The van der Waals surface area contributed by atoms with E-state index in [1.807, 2.05) is 0 Å². The third kappa shape index (κ3) is 6.30. The summed E-state index contributed by atoms with van der Waals surface area (Å²) in [7, 11) is 0. The minimum Gasteiger partial charge on any atom is -0.354 e. The third-order valence-corrected chi connectivity index (χ3v) is 3.95. The highest BCUT2D eigenvalue weighted by Crippen LogP contribution is 2.22. The largest absolute Gasteiger partial charge is 0.354 e. The molecule has 1 aliphatic carbocycles. The number of alkyl halides is 1. The molecule has 0 bridgehead atoms. The molecule has 3 heteroatoms. The molecular formula is C14H26ClNO. The molecule has 1 amide bonds. The molecule has 0 aromatic carbocycles. The van der Waals surface area contributed by atoms with Gasteiger partial charge in [-0.3, -0.25) is 4.79 Å². The normalized spacial score (nSPS) is 20.4. The van der Waals surface area contributed by atoms with Gasteiger partial charge in [-0.1, -0.05) is 45.4 Å². The molecule has 0 aromatic rings. The number of carbonyl (C=O) groups excluding carboxylic acids is 1. The summed E-state index contributed by atoms with van der Waals surface area (Å²) in [6.07, 6.45) is 10.5. The van der Waals surface area contributed by atoms with Crippen LogP contribution in [0.3, 0.4) is 0 Å². The molecule has 1 atom stereocenters. The molecule has 1 rings (SSSR count). The van der Waals surface area contributed by atoms with Gasteiger partial charge in [0.1, 0.15) is 0 Å². The lowest BCUT2D eigenvalue weighted by atomic mass is 9.90. The first-order valence-corrected chi connectivity index (χ1v) is 7.59. The monoisotopic (exact) mass is 259 g/mol. The molecule has 0 aliphatic heterocycles. The number of nitrogens with one attached hydrogen (secondary N) is 1. The molecule has 2 nitrogen and oxygen atoms in total. The van der Waals surface area contributed by atoms with Gasteiger partial charge in [-0.2, -0.15) is 0 Å². The second-order valence-corrected chi connectivity index (χ2v) is 5.79. The van der Waals surface area contributed by atoms with E-state index in [-0.39, 0.29) is 17.2 Å². The topological polar surface area (TPSA) is 29.1 Å². The lowest BCUT2D eigenvalue weighted by Gasteiger charge is -2.20. The predicted molar refractivity (Wildman–Crippen MR) is 73.4 cm³/mol. The Morgan fingerprint density at radius 1 is 1.24 bits per heavy atom. The number of amides is 1. The Hall–Kier alpha value is -0.240. The summed E-state index contributed by atoms with van der Waals surface area (Å²) in [6, 6.07) is 0. The maximum absolute atomic E-state index is 12.0. The molecule has 0 saturated heterocycles. The second-order valence-electron chi connectivity index (χ2n) is 5.17. The van der Waals surface area contributed by atoms with Crippen molar-refractivity contribution >= 4 is 17.5 Å². The summed E-state index contributed by atoms with van der Waals surface area (Å²) in [5.41, 5.74) is 0. The van der Waals surface area contributed by atoms with Crippen LogP contribution < -0.4 is 5.32 Å². The average Bonchev–Trinajstić information content (AvgIpc) is 2.26. The van der Waals surface area contributed by atoms with Crippen molar-refractivity contribution in [1.82, 2.24) is 5.32 Å². The van der Waals surface area contributed by atoms with Crippen molar-refractivity contribution in [3.05, 3.63) is 0 Å². The van der Waals surface area contributed by atoms with Crippen LogP contribution >= 0.6 is 11.6 Å². The minimum absolute atomic E-state index is 0.0949. The van der Waals surface area contributed by atoms with Gasteiger partial charge in [0.05, 0.1) is 5.38 Å². The van der Waals surface area contributed by atoms with Gasteiger partial charge in [-0.25, -0.2) is 0 Å². The second kappa shape index (κ2) is 8.79. The standard InChI is InChI=1S/C14H26ClNO/c1-2-8-13(15)11-16-14(17)12-9-6-4-3-5-7-10-12/h12-13H,2-11H2,1H3,(H,16,17). The van der Waals surface area contributed by atoms with Crippen LogP contribution in [-0.2, 0) is 4.79 Å². The number of halogens is 1. The number of rotatable bonds is 5. The molecule has 17 heavy (non-hydrogen) atoms. The lowest BCUT2D eigenvalue weighted by Crippen LogP contribution is -2.35. The van der Waals surface area contributed by atoms with Crippen LogP contribution in [0.2, 0.25) is 0 Å². The van der Waals surface area contributed by atoms with Crippen molar-refractivity contribution in [3.8, 4) is 0 Å². The average molecular weight is 260 g/mol. The first kappa shape index (κ1) is 14.8. The lowest BCUT2D eigenvalue weighted by molar-refractivity contribution is -0.125. The van der Waals surface area contributed by atoms with Gasteiger partial charge < -0.3 is 5.32 Å². The summed E-state index contributed by atoms with van der Waals surface area (Å²) in [4.78, 5) is 12.0. The van der Waals surface area contributed by atoms with Crippen LogP contribution in [0.1, 0.15) is 64.7 Å². The van der Waals surface area contributed by atoms with E-state index < -0.39 is 0 Å². The minimum atomic E-state index is 0.0949. The highest BCUT2D eigenvalue weighted by Gasteiger charge is 2.19. The van der Waals surface area contributed by atoms with Crippen molar-refractivity contribution in [1.29, 1.82) is 0 Å². The quantitative estimate of drug-likeness (QED) is 0.746. The van der Waals surface area contributed by atoms with E-state index in [0.29, 0.717) is 6.54 Å². The van der Waals surface area contributed by atoms with E-state index in [1.54, 1.807) is 0 Å². The SMILES string of the molecule is CCCC(Cl)CNC(=O)C1CCCCCCC1. The van der Waals surface area contributed by atoms with Gasteiger partial charge in [-0.15, -0.1) is 11.6 Å². The van der Waals surface area contributed by atoms with E-state index in [2.05, 4.69) is 12.2 Å². The van der Waals surface area contributed by atoms with Crippen LogP contribution in [-0.4, -0.2) is 17.8 Å². The summed E-state index contributed by atoms with van der Waals surface area (Å²) in [6.45, 7) is 2.75. The first-order chi connectivity index (χ1) is 8.24. The maximum Gasteiger partial charge on any atom is 0.223 e. The Balaban J connectivity index is 2.24. The number of carbonyl (C=O) groups is 1. The Kier molecular flexibility index (Phi) is 7.67. The maximum atomic E-state index is 12.0. The molecule has 100 valence electrons. The van der Waals surface area contributed by atoms with Gasteiger partial charge in [-0.05, 0) is 19.3 Å². The fourth-order valence-electron chi connectivity index (χ4n) is 2.49. The zero-order chi connectivity index (χ0) is 12.5. The van der Waals surface area contributed by atoms with Gasteiger partial charge in [0.25, 0.3) is 0 Å². The van der Waals surface area contributed by atoms with E-state index in [9.17, 15) is 4.79 Å². The van der Waals surface area contributed by atoms with Crippen molar-refractivity contribution in [3.63, 3.8) is 0 Å². The molecule has 0 spiro atoms. The molecule has 1 saturated carbocycles. The molecular weight excluding hydrogens is 234 g/mol. The fourth-order valence-corrected chi connectivity index (χ4v) is 2.78. The summed E-state index contributed by atoms with van der Waals surface area (Å²) >= 11 is 6.11.